The van der Waals surface area contributed by atoms with Crippen LogP contribution >= 0.6 is 0 Å². The maximum atomic E-state index is 11.0. The van der Waals surface area contributed by atoms with Crippen molar-refractivity contribution in [3.63, 3.8) is 0 Å². The van der Waals surface area contributed by atoms with Gasteiger partial charge in [0.2, 0.25) is 0 Å². The Balaban J connectivity index is 2.03. The number of rotatable bonds is 3. The van der Waals surface area contributed by atoms with Crippen LogP contribution < -0.4 is 5.32 Å². The Bertz CT molecular complexity index is 419. The van der Waals surface area contributed by atoms with Crippen LogP contribution in [0.25, 0.3) is 0 Å². The average molecular weight is 237 g/mol. The highest BCUT2D eigenvalue weighted by molar-refractivity contribution is 5.70. The van der Waals surface area contributed by atoms with Gasteiger partial charge in [0.15, 0.2) is 0 Å². The number of carboxylic acid groups (broad SMARTS) is 1. The zero-order chi connectivity index (χ0) is 12.3. The number of hydrogen-bond donors (Lipinski definition) is 2. The predicted molar refractivity (Wildman–Crippen MR) is 56.4 cm³/mol. The van der Waals surface area contributed by atoms with Gasteiger partial charge in [0.25, 0.3) is 6.29 Å². The number of cyclic esters (lactones) is 1. The van der Waals surface area contributed by atoms with Crippen molar-refractivity contribution in [1.82, 2.24) is 5.32 Å². The molecule has 1 aliphatic heterocycles. The molecule has 6 heteroatoms. The third-order valence-electron chi connectivity index (χ3n) is 2.37. The monoisotopic (exact) mass is 237 g/mol. The summed E-state index contributed by atoms with van der Waals surface area (Å²) < 4.78 is 9.18. The van der Waals surface area contributed by atoms with E-state index in [4.69, 9.17) is 9.84 Å². The summed E-state index contributed by atoms with van der Waals surface area (Å²) in [6, 6.07) is 8.85. The summed E-state index contributed by atoms with van der Waals surface area (Å²) in [6.45, 7) is 0. The van der Waals surface area contributed by atoms with Crippen molar-refractivity contribution in [2.24, 2.45) is 0 Å². The highest BCUT2D eigenvalue weighted by atomic mass is 16.8. The fourth-order valence-electron chi connectivity index (χ4n) is 1.66. The normalized spacial score (nSPS) is 22.7. The van der Waals surface area contributed by atoms with E-state index in [9.17, 15) is 9.59 Å². The molecule has 1 fully saturated rings. The number of alkyl carbamates (subject to hydrolysis) is 1. The molecule has 0 saturated carbocycles. The molecule has 1 aliphatic rings. The summed E-state index contributed by atoms with van der Waals surface area (Å²) in [5.74, 6) is 0. The van der Waals surface area contributed by atoms with Crippen molar-refractivity contribution in [3.8, 4) is 0 Å². The van der Waals surface area contributed by atoms with E-state index < -0.39 is 24.6 Å². The molecule has 2 N–H and O–H groups in total. The molecule has 1 saturated heterocycles. The minimum atomic E-state index is -1.47. The molecule has 0 unspecified atom stereocenters. The number of ether oxygens (including phenoxy) is 2. The van der Waals surface area contributed by atoms with Crippen LogP contribution in [0.4, 0.5) is 9.59 Å². The van der Waals surface area contributed by atoms with Gasteiger partial charge in [-0.15, -0.1) is 0 Å². The molecule has 0 spiro atoms. The largest absolute Gasteiger partial charge is 0.508 e. The third-order valence-corrected chi connectivity index (χ3v) is 2.37. The second-order valence-electron chi connectivity index (χ2n) is 3.60. The van der Waals surface area contributed by atoms with Crippen LogP contribution in [0.15, 0.2) is 30.3 Å². The lowest BCUT2D eigenvalue weighted by molar-refractivity contribution is -0.0650. The summed E-state index contributed by atoms with van der Waals surface area (Å²) in [4.78, 5) is 21.4. The molecule has 1 aromatic carbocycles. The standard InChI is InChI=1S/C11H11NO5/c13-10-12-8(9(16-10)17-11(14)15)6-7-4-2-1-3-5-7/h1-5,8-9H,6H2,(H,12,13)(H,14,15)/t8-,9-/m0/s1. The Morgan fingerprint density at radius 3 is 2.76 bits per heavy atom. The fourth-order valence-corrected chi connectivity index (χ4v) is 1.66. The maximum absolute atomic E-state index is 11.0. The Hall–Kier alpha value is -2.24. The van der Waals surface area contributed by atoms with E-state index in [0.29, 0.717) is 6.42 Å². The predicted octanol–water partition coefficient (Wildman–Crippen LogP) is 1.36. The number of hydrogen-bond acceptors (Lipinski definition) is 4. The van der Waals surface area contributed by atoms with Crippen LogP contribution in [0.3, 0.4) is 0 Å². The molecule has 0 radical (unpaired) electrons. The zero-order valence-electron chi connectivity index (χ0n) is 8.83. The summed E-state index contributed by atoms with van der Waals surface area (Å²) >= 11 is 0. The van der Waals surface area contributed by atoms with Crippen molar-refractivity contribution >= 4 is 12.2 Å². The van der Waals surface area contributed by atoms with Crippen molar-refractivity contribution in [2.45, 2.75) is 18.8 Å². The zero-order valence-corrected chi connectivity index (χ0v) is 8.83. The van der Waals surface area contributed by atoms with Crippen LogP contribution in [0.2, 0.25) is 0 Å². The van der Waals surface area contributed by atoms with Crippen LogP contribution in [0.1, 0.15) is 5.56 Å². The van der Waals surface area contributed by atoms with Crippen LogP contribution in [0, 0.1) is 0 Å². The molecule has 1 heterocycles. The molecular weight excluding hydrogens is 226 g/mol. The van der Waals surface area contributed by atoms with E-state index in [1.165, 1.54) is 0 Å². The summed E-state index contributed by atoms with van der Waals surface area (Å²) in [7, 11) is 0. The van der Waals surface area contributed by atoms with E-state index in [0.717, 1.165) is 5.56 Å². The van der Waals surface area contributed by atoms with Crippen molar-refractivity contribution in [2.75, 3.05) is 0 Å². The molecule has 17 heavy (non-hydrogen) atoms. The molecule has 0 bridgehead atoms. The summed E-state index contributed by atoms with van der Waals surface area (Å²) in [5.41, 5.74) is 0.960. The summed E-state index contributed by atoms with van der Waals surface area (Å²) in [6.07, 6.45) is -2.79. The third kappa shape index (κ3) is 2.87. The number of carbonyl (C=O) groups is 2. The highest BCUT2D eigenvalue weighted by Crippen LogP contribution is 2.15. The lowest BCUT2D eigenvalue weighted by Gasteiger charge is -2.15. The first-order valence-electron chi connectivity index (χ1n) is 5.06. The number of benzene rings is 1. The SMILES string of the molecule is O=C(O)O[C@@H]1OC(=O)N[C@H]1Cc1ccccc1. The van der Waals surface area contributed by atoms with Crippen molar-refractivity contribution < 1.29 is 24.2 Å². The van der Waals surface area contributed by atoms with Crippen molar-refractivity contribution in [3.05, 3.63) is 35.9 Å². The van der Waals surface area contributed by atoms with Gasteiger partial charge in [0, 0.05) is 6.42 Å². The molecule has 2 atom stereocenters. The number of nitrogens with one attached hydrogen (secondary N) is 1. The van der Waals surface area contributed by atoms with Gasteiger partial charge in [-0.3, -0.25) is 0 Å². The van der Waals surface area contributed by atoms with Crippen LogP contribution in [-0.2, 0) is 15.9 Å². The molecule has 0 aromatic heterocycles. The Morgan fingerprint density at radius 2 is 2.12 bits per heavy atom. The molecule has 1 aromatic rings. The first kappa shape index (κ1) is 11.3. The quantitative estimate of drug-likeness (QED) is 0.775. The number of carbonyl (C=O) groups excluding carboxylic acids is 1. The van der Waals surface area contributed by atoms with E-state index in [-0.39, 0.29) is 0 Å². The molecule has 2 rings (SSSR count). The minimum Gasteiger partial charge on any atom is -0.450 e. The first-order valence-corrected chi connectivity index (χ1v) is 5.06. The van der Waals surface area contributed by atoms with Gasteiger partial charge < -0.3 is 19.9 Å². The van der Waals surface area contributed by atoms with Crippen molar-refractivity contribution in [1.29, 1.82) is 0 Å². The topological polar surface area (TPSA) is 84.9 Å². The van der Waals surface area contributed by atoms with E-state index in [2.05, 4.69) is 10.1 Å². The van der Waals surface area contributed by atoms with Gasteiger partial charge in [-0.05, 0) is 5.56 Å². The molecule has 0 aliphatic carbocycles. The van der Waals surface area contributed by atoms with Crippen LogP contribution in [0.5, 0.6) is 0 Å². The minimum absolute atomic E-state index is 0.449. The van der Waals surface area contributed by atoms with E-state index >= 15 is 0 Å². The number of amides is 1. The summed E-state index contributed by atoms with van der Waals surface area (Å²) in [5, 5.41) is 11.0. The van der Waals surface area contributed by atoms with E-state index in [1.807, 2.05) is 30.3 Å². The van der Waals surface area contributed by atoms with Gasteiger partial charge in [-0.25, -0.2) is 9.59 Å². The van der Waals surface area contributed by atoms with Gasteiger partial charge >= 0.3 is 12.2 Å². The Kier molecular flexibility index (Phi) is 3.13. The Morgan fingerprint density at radius 1 is 1.41 bits per heavy atom. The van der Waals surface area contributed by atoms with Gasteiger partial charge in [-0.2, -0.15) is 0 Å². The second kappa shape index (κ2) is 4.73. The fraction of sp³-hybridized carbons (Fsp3) is 0.273. The first-order chi connectivity index (χ1) is 8.15. The lowest BCUT2D eigenvalue weighted by atomic mass is 10.1. The van der Waals surface area contributed by atoms with Gasteiger partial charge in [-0.1, -0.05) is 30.3 Å². The average Bonchev–Trinajstić information content (AvgIpc) is 2.59. The van der Waals surface area contributed by atoms with Gasteiger partial charge in [0.1, 0.15) is 6.04 Å². The lowest BCUT2D eigenvalue weighted by Crippen LogP contribution is -2.36. The molecule has 90 valence electrons. The molecular formula is C11H11NO5. The molecule has 1 amide bonds. The van der Waals surface area contributed by atoms with Crippen LogP contribution in [-0.4, -0.2) is 29.7 Å². The smallest absolute Gasteiger partial charge is 0.450 e. The van der Waals surface area contributed by atoms with Gasteiger partial charge in [0.05, 0.1) is 0 Å². The van der Waals surface area contributed by atoms with E-state index in [1.54, 1.807) is 0 Å². The Labute approximate surface area is 97.1 Å². The maximum Gasteiger partial charge on any atom is 0.508 e. The molecule has 6 nitrogen and oxygen atoms in total. The highest BCUT2D eigenvalue weighted by Gasteiger charge is 2.37. The second-order valence-corrected chi connectivity index (χ2v) is 3.60.